The molecule has 0 bridgehead atoms. The Bertz CT molecular complexity index is 405. The topological polar surface area (TPSA) is 33.3 Å². The lowest BCUT2D eigenvalue weighted by Gasteiger charge is -2.10. The first-order chi connectivity index (χ1) is 9.24. The van der Waals surface area contributed by atoms with Crippen molar-refractivity contribution in [2.24, 2.45) is 17.8 Å². The van der Waals surface area contributed by atoms with Gasteiger partial charge in [0.2, 0.25) is 0 Å². The Kier molecular flexibility index (Phi) is 3.76. The molecule has 3 atom stereocenters. The van der Waals surface area contributed by atoms with Crippen molar-refractivity contribution in [2.75, 3.05) is 19.7 Å². The van der Waals surface area contributed by atoms with Crippen LogP contribution in [0.2, 0.25) is 0 Å². The summed E-state index contributed by atoms with van der Waals surface area (Å²) >= 11 is 0. The Morgan fingerprint density at radius 1 is 1.21 bits per heavy atom. The van der Waals surface area contributed by atoms with Gasteiger partial charge in [0.15, 0.2) is 0 Å². The number of ether oxygens (including phenoxy) is 1. The molecule has 1 heterocycles. The zero-order chi connectivity index (χ0) is 13.2. The van der Waals surface area contributed by atoms with Crippen LogP contribution in [0.15, 0.2) is 24.3 Å². The van der Waals surface area contributed by atoms with Crippen molar-refractivity contribution in [1.82, 2.24) is 10.6 Å². The van der Waals surface area contributed by atoms with Crippen LogP contribution in [0.4, 0.5) is 0 Å². The minimum absolute atomic E-state index is 0.573. The molecular formula is C16H24N2O. The van der Waals surface area contributed by atoms with Gasteiger partial charge in [0.05, 0.1) is 6.61 Å². The number of rotatable bonds is 6. The van der Waals surface area contributed by atoms with Crippen LogP contribution in [-0.4, -0.2) is 25.7 Å². The van der Waals surface area contributed by atoms with E-state index in [0.29, 0.717) is 5.92 Å². The van der Waals surface area contributed by atoms with Crippen molar-refractivity contribution in [3.63, 3.8) is 0 Å². The minimum atomic E-state index is 0.573. The van der Waals surface area contributed by atoms with Gasteiger partial charge in [-0.15, -0.1) is 0 Å². The first-order valence-electron chi connectivity index (χ1n) is 7.40. The molecule has 1 unspecified atom stereocenters. The molecule has 1 aromatic rings. The van der Waals surface area contributed by atoms with Gasteiger partial charge in [0.25, 0.3) is 0 Å². The Morgan fingerprint density at radius 3 is 2.53 bits per heavy atom. The fourth-order valence-corrected chi connectivity index (χ4v) is 2.92. The average molecular weight is 260 g/mol. The van der Waals surface area contributed by atoms with Crippen molar-refractivity contribution in [2.45, 2.75) is 26.4 Å². The summed E-state index contributed by atoms with van der Waals surface area (Å²) in [7, 11) is 0. The highest BCUT2D eigenvalue weighted by Crippen LogP contribution is 2.41. The van der Waals surface area contributed by atoms with E-state index in [1.54, 1.807) is 0 Å². The fourth-order valence-electron chi connectivity index (χ4n) is 2.92. The van der Waals surface area contributed by atoms with Crippen molar-refractivity contribution < 1.29 is 4.74 Å². The number of piperidine rings is 1. The number of fused-ring (bicyclic) bond motifs is 1. The van der Waals surface area contributed by atoms with Gasteiger partial charge in [-0.1, -0.05) is 26.0 Å². The lowest BCUT2D eigenvalue weighted by Crippen LogP contribution is -2.27. The van der Waals surface area contributed by atoms with Gasteiger partial charge in [-0.2, -0.15) is 0 Å². The lowest BCUT2D eigenvalue weighted by atomic mass is 10.2. The van der Waals surface area contributed by atoms with Crippen LogP contribution in [0.25, 0.3) is 0 Å². The molecule has 0 spiro atoms. The van der Waals surface area contributed by atoms with Gasteiger partial charge in [-0.3, -0.25) is 0 Å². The van der Waals surface area contributed by atoms with E-state index >= 15 is 0 Å². The maximum atomic E-state index is 5.69. The molecule has 104 valence electrons. The van der Waals surface area contributed by atoms with Gasteiger partial charge in [-0.05, 0) is 48.5 Å². The highest BCUT2D eigenvalue weighted by molar-refractivity contribution is 5.27. The zero-order valence-electron chi connectivity index (χ0n) is 11.9. The average Bonchev–Trinajstić information content (AvgIpc) is 2.84. The Labute approximate surface area is 115 Å². The van der Waals surface area contributed by atoms with Crippen LogP contribution < -0.4 is 15.4 Å². The molecule has 3 rings (SSSR count). The van der Waals surface area contributed by atoms with Crippen LogP contribution in [-0.2, 0) is 6.54 Å². The highest BCUT2D eigenvalue weighted by atomic mass is 16.5. The van der Waals surface area contributed by atoms with Crippen molar-refractivity contribution in [1.29, 1.82) is 0 Å². The summed E-state index contributed by atoms with van der Waals surface area (Å²) in [6.07, 6.45) is 0. The third kappa shape index (κ3) is 3.10. The summed E-state index contributed by atoms with van der Waals surface area (Å²) in [4.78, 5) is 0. The zero-order valence-corrected chi connectivity index (χ0v) is 11.9. The predicted molar refractivity (Wildman–Crippen MR) is 77.3 cm³/mol. The Morgan fingerprint density at radius 2 is 1.89 bits per heavy atom. The molecule has 1 aliphatic carbocycles. The van der Waals surface area contributed by atoms with Gasteiger partial charge in [-0.25, -0.2) is 0 Å². The summed E-state index contributed by atoms with van der Waals surface area (Å²) in [5.74, 6) is 3.32. The van der Waals surface area contributed by atoms with Crippen molar-refractivity contribution in [3.05, 3.63) is 29.8 Å². The van der Waals surface area contributed by atoms with Crippen LogP contribution >= 0.6 is 0 Å². The third-order valence-corrected chi connectivity index (χ3v) is 4.14. The van der Waals surface area contributed by atoms with E-state index in [1.165, 1.54) is 18.7 Å². The molecule has 2 aliphatic rings. The van der Waals surface area contributed by atoms with Crippen molar-refractivity contribution >= 4 is 0 Å². The monoisotopic (exact) mass is 260 g/mol. The van der Waals surface area contributed by atoms with Gasteiger partial charge in [0.1, 0.15) is 5.75 Å². The molecule has 19 heavy (non-hydrogen) atoms. The quantitative estimate of drug-likeness (QED) is 0.821. The van der Waals surface area contributed by atoms with Crippen LogP contribution in [0.3, 0.4) is 0 Å². The summed E-state index contributed by atoms with van der Waals surface area (Å²) in [5, 5.41) is 7.09. The molecule has 1 saturated heterocycles. The first kappa shape index (κ1) is 12.9. The summed E-state index contributed by atoms with van der Waals surface area (Å²) in [6, 6.07) is 9.24. The molecule has 0 amide bonds. The van der Waals surface area contributed by atoms with E-state index in [2.05, 4.69) is 48.7 Å². The second kappa shape index (κ2) is 5.51. The van der Waals surface area contributed by atoms with E-state index in [0.717, 1.165) is 36.8 Å². The molecular weight excluding hydrogens is 236 g/mol. The molecule has 3 heteroatoms. The van der Waals surface area contributed by atoms with Crippen LogP contribution in [0.5, 0.6) is 5.75 Å². The standard InChI is InChI=1S/C16H24N2O/c1-11(2)10-19-13-5-3-12(4-6-13)7-18-16-14-8-17-9-15(14)16/h3-6,11,14-18H,7-10H2,1-2H3/t14-,15+,16?. The van der Waals surface area contributed by atoms with Crippen LogP contribution in [0.1, 0.15) is 19.4 Å². The number of benzene rings is 1. The summed E-state index contributed by atoms with van der Waals surface area (Å²) < 4.78 is 5.69. The van der Waals surface area contributed by atoms with Gasteiger partial charge in [0, 0.05) is 12.6 Å². The lowest BCUT2D eigenvalue weighted by molar-refractivity contribution is 0.271. The molecule has 1 aliphatic heterocycles. The number of hydrogen-bond acceptors (Lipinski definition) is 3. The molecule has 0 aromatic heterocycles. The second-order valence-electron chi connectivity index (χ2n) is 6.24. The van der Waals surface area contributed by atoms with E-state index < -0.39 is 0 Å². The first-order valence-corrected chi connectivity index (χ1v) is 7.40. The summed E-state index contributed by atoms with van der Waals surface area (Å²) in [5.41, 5.74) is 1.34. The van der Waals surface area contributed by atoms with Crippen molar-refractivity contribution in [3.8, 4) is 5.75 Å². The number of hydrogen-bond donors (Lipinski definition) is 2. The van der Waals surface area contributed by atoms with E-state index in [9.17, 15) is 0 Å². The van der Waals surface area contributed by atoms with E-state index in [4.69, 9.17) is 4.74 Å². The smallest absolute Gasteiger partial charge is 0.119 e. The van der Waals surface area contributed by atoms with Gasteiger partial charge < -0.3 is 15.4 Å². The highest BCUT2D eigenvalue weighted by Gasteiger charge is 2.52. The summed E-state index contributed by atoms with van der Waals surface area (Å²) in [6.45, 7) is 8.49. The maximum absolute atomic E-state index is 5.69. The Hall–Kier alpha value is -1.06. The molecule has 1 saturated carbocycles. The minimum Gasteiger partial charge on any atom is -0.493 e. The molecule has 3 nitrogen and oxygen atoms in total. The van der Waals surface area contributed by atoms with E-state index in [-0.39, 0.29) is 0 Å². The Balaban J connectivity index is 1.44. The van der Waals surface area contributed by atoms with E-state index in [1.807, 2.05) is 0 Å². The molecule has 0 radical (unpaired) electrons. The normalized spacial score (nSPS) is 28.5. The SMILES string of the molecule is CC(C)COc1ccc(CNC2[C@H]3CNC[C@@H]23)cc1. The number of nitrogens with one attached hydrogen (secondary N) is 2. The second-order valence-corrected chi connectivity index (χ2v) is 6.24. The third-order valence-electron chi connectivity index (χ3n) is 4.14. The predicted octanol–water partition coefficient (Wildman–Crippen LogP) is 2.03. The molecule has 2 fully saturated rings. The maximum Gasteiger partial charge on any atom is 0.119 e. The van der Waals surface area contributed by atoms with Crippen LogP contribution in [0, 0.1) is 17.8 Å². The van der Waals surface area contributed by atoms with Gasteiger partial charge >= 0.3 is 0 Å². The molecule has 1 aromatic carbocycles. The fraction of sp³-hybridized carbons (Fsp3) is 0.625. The molecule has 2 N–H and O–H groups in total. The largest absolute Gasteiger partial charge is 0.493 e.